The SMILES string of the molecule is C=CCCNCC1CCCC1CO. The molecule has 2 heteroatoms. The first kappa shape index (κ1) is 10.7. The van der Waals surface area contributed by atoms with Gasteiger partial charge >= 0.3 is 0 Å². The summed E-state index contributed by atoms with van der Waals surface area (Å²) in [6.07, 6.45) is 6.76. The van der Waals surface area contributed by atoms with Gasteiger partial charge in [0.1, 0.15) is 0 Å². The normalized spacial score (nSPS) is 27.8. The summed E-state index contributed by atoms with van der Waals surface area (Å²) in [6, 6.07) is 0. The van der Waals surface area contributed by atoms with Gasteiger partial charge in [0.2, 0.25) is 0 Å². The molecule has 0 spiro atoms. The van der Waals surface area contributed by atoms with E-state index in [0.717, 1.165) is 19.5 Å². The molecule has 1 rings (SSSR count). The molecule has 1 fully saturated rings. The van der Waals surface area contributed by atoms with E-state index in [1.54, 1.807) is 0 Å². The van der Waals surface area contributed by atoms with Crippen LogP contribution in [0.3, 0.4) is 0 Å². The maximum atomic E-state index is 9.10. The Kier molecular flexibility index (Phi) is 5.09. The fourth-order valence-electron chi connectivity index (χ4n) is 2.11. The first-order chi connectivity index (χ1) is 6.38. The largest absolute Gasteiger partial charge is 0.396 e. The average molecular weight is 183 g/mol. The molecule has 0 saturated heterocycles. The maximum Gasteiger partial charge on any atom is 0.0462 e. The van der Waals surface area contributed by atoms with Crippen molar-refractivity contribution in [2.24, 2.45) is 11.8 Å². The Labute approximate surface area is 81.0 Å². The summed E-state index contributed by atoms with van der Waals surface area (Å²) in [5.74, 6) is 1.26. The summed E-state index contributed by atoms with van der Waals surface area (Å²) in [5, 5.41) is 12.5. The highest BCUT2D eigenvalue weighted by molar-refractivity contribution is 4.79. The van der Waals surface area contributed by atoms with E-state index in [9.17, 15) is 0 Å². The minimum atomic E-state index is 0.369. The Morgan fingerprint density at radius 2 is 2.15 bits per heavy atom. The molecular weight excluding hydrogens is 162 g/mol. The predicted molar refractivity (Wildman–Crippen MR) is 55.6 cm³/mol. The monoisotopic (exact) mass is 183 g/mol. The van der Waals surface area contributed by atoms with Gasteiger partial charge in [0.05, 0.1) is 0 Å². The lowest BCUT2D eigenvalue weighted by Gasteiger charge is -2.17. The predicted octanol–water partition coefficient (Wildman–Crippen LogP) is 1.56. The standard InChI is InChI=1S/C11H21NO/c1-2-3-7-12-8-10-5-4-6-11(10)9-13/h2,10-13H,1,3-9H2. The van der Waals surface area contributed by atoms with Crippen LogP contribution in [0.1, 0.15) is 25.7 Å². The first-order valence-corrected chi connectivity index (χ1v) is 5.31. The summed E-state index contributed by atoms with van der Waals surface area (Å²) in [4.78, 5) is 0. The minimum Gasteiger partial charge on any atom is -0.396 e. The van der Waals surface area contributed by atoms with Gasteiger partial charge in [0.25, 0.3) is 0 Å². The third-order valence-electron chi connectivity index (χ3n) is 2.98. The zero-order chi connectivity index (χ0) is 9.52. The molecule has 2 atom stereocenters. The third kappa shape index (κ3) is 3.49. The molecule has 2 nitrogen and oxygen atoms in total. The van der Waals surface area contributed by atoms with Gasteiger partial charge in [0.15, 0.2) is 0 Å². The molecule has 0 heterocycles. The van der Waals surface area contributed by atoms with Crippen molar-refractivity contribution in [3.8, 4) is 0 Å². The molecule has 1 aliphatic carbocycles. The van der Waals surface area contributed by atoms with Crippen LogP contribution in [0, 0.1) is 11.8 Å². The van der Waals surface area contributed by atoms with Crippen LogP contribution in [0.25, 0.3) is 0 Å². The van der Waals surface area contributed by atoms with E-state index < -0.39 is 0 Å². The Morgan fingerprint density at radius 1 is 1.38 bits per heavy atom. The van der Waals surface area contributed by atoms with Gasteiger partial charge < -0.3 is 10.4 Å². The molecule has 0 aliphatic heterocycles. The fourth-order valence-corrected chi connectivity index (χ4v) is 2.11. The number of rotatable bonds is 6. The smallest absolute Gasteiger partial charge is 0.0462 e. The summed E-state index contributed by atoms with van der Waals surface area (Å²) in [7, 11) is 0. The maximum absolute atomic E-state index is 9.10. The van der Waals surface area contributed by atoms with Crippen molar-refractivity contribution in [1.82, 2.24) is 5.32 Å². The molecule has 1 aliphatic rings. The Hall–Kier alpha value is -0.340. The van der Waals surface area contributed by atoms with Crippen LogP contribution in [0.15, 0.2) is 12.7 Å². The molecule has 0 aromatic carbocycles. The molecule has 13 heavy (non-hydrogen) atoms. The molecule has 0 amide bonds. The van der Waals surface area contributed by atoms with Gasteiger partial charge in [-0.2, -0.15) is 0 Å². The molecule has 0 aromatic rings. The Balaban J connectivity index is 2.09. The summed E-state index contributed by atoms with van der Waals surface area (Å²) >= 11 is 0. The summed E-state index contributed by atoms with van der Waals surface area (Å²) < 4.78 is 0. The van der Waals surface area contributed by atoms with E-state index in [0.29, 0.717) is 18.4 Å². The summed E-state index contributed by atoms with van der Waals surface area (Å²) in [5.41, 5.74) is 0. The number of aliphatic hydroxyl groups is 1. The molecule has 1 saturated carbocycles. The van der Waals surface area contributed by atoms with Gasteiger partial charge in [-0.15, -0.1) is 6.58 Å². The molecule has 2 N–H and O–H groups in total. The average Bonchev–Trinajstić information content (AvgIpc) is 2.60. The molecule has 76 valence electrons. The molecular formula is C11H21NO. The van der Waals surface area contributed by atoms with Gasteiger partial charge in [0, 0.05) is 6.61 Å². The second kappa shape index (κ2) is 6.17. The topological polar surface area (TPSA) is 32.3 Å². The second-order valence-corrected chi connectivity index (χ2v) is 3.92. The number of hydrogen-bond donors (Lipinski definition) is 2. The Bertz CT molecular complexity index is 147. The molecule has 2 unspecified atom stereocenters. The lowest BCUT2D eigenvalue weighted by molar-refractivity contribution is 0.192. The number of aliphatic hydroxyl groups excluding tert-OH is 1. The van der Waals surface area contributed by atoms with Crippen LogP contribution < -0.4 is 5.32 Å². The summed E-state index contributed by atoms with van der Waals surface area (Å²) in [6.45, 7) is 6.14. The van der Waals surface area contributed by atoms with Crippen LogP contribution in [0.2, 0.25) is 0 Å². The van der Waals surface area contributed by atoms with Crippen LogP contribution >= 0.6 is 0 Å². The van der Waals surface area contributed by atoms with Crippen molar-refractivity contribution in [1.29, 1.82) is 0 Å². The van der Waals surface area contributed by atoms with Gasteiger partial charge in [-0.3, -0.25) is 0 Å². The highest BCUT2D eigenvalue weighted by atomic mass is 16.3. The lowest BCUT2D eigenvalue weighted by Crippen LogP contribution is -2.27. The molecule has 0 aromatic heterocycles. The fraction of sp³-hybridized carbons (Fsp3) is 0.818. The van der Waals surface area contributed by atoms with Crippen molar-refractivity contribution in [2.75, 3.05) is 19.7 Å². The third-order valence-corrected chi connectivity index (χ3v) is 2.98. The van der Waals surface area contributed by atoms with Crippen molar-refractivity contribution in [3.63, 3.8) is 0 Å². The Morgan fingerprint density at radius 3 is 2.85 bits per heavy atom. The van der Waals surface area contributed by atoms with Crippen LogP contribution in [0.4, 0.5) is 0 Å². The second-order valence-electron chi connectivity index (χ2n) is 3.92. The first-order valence-electron chi connectivity index (χ1n) is 5.31. The highest BCUT2D eigenvalue weighted by Gasteiger charge is 2.25. The van der Waals surface area contributed by atoms with Crippen molar-refractivity contribution < 1.29 is 5.11 Å². The van der Waals surface area contributed by atoms with E-state index in [4.69, 9.17) is 5.11 Å². The van der Waals surface area contributed by atoms with Gasteiger partial charge in [-0.25, -0.2) is 0 Å². The van der Waals surface area contributed by atoms with Crippen LogP contribution in [0.5, 0.6) is 0 Å². The number of hydrogen-bond acceptors (Lipinski definition) is 2. The van der Waals surface area contributed by atoms with Crippen LogP contribution in [-0.2, 0) is 0 Å². The zero-order valence-electron chi connectivity index (χ0n) is 8.34. The lowest BCUT2D eigenvalue weighted by atomic mass is 9.97. The zero-order valence-corrected chi connectivity index (χ0v) is 8.34. The van der Waals surface area contributed by atoms with Gasteiger partial charge in [-0.1, -0.05) is 12.5 Å². The van der Waals surface area contributed by atoms with E-state index >= 15 is 0 Å². The molecule has 0 radical (unpaired) electrons. The van der Waals surface area contributed by atoms with E-state index in [1.165, 1.54) is 19.3 Å². The minimum absolute atomic E-state index is 0.369. The van der Waals surface area contributed by atoms with Gasteiger partial charge in [-0.05, 0) is 44.2 Å². The van der Waals surface area contributed by atoms with Crippen molar-refractivity contribution >= 4 is 0 Å². The quantitative estimate of drug-likeness (QED) is 0.484. The van der Waals surface area contributed by atoms with E-state index in [-0.39, 0.29) is 0 Å². The highest BCUT2D eigenvalue weighted by Crippen LogP contribution is 2.30. The van der Waals surface area contributed by atoms with E-state index in [1.807, 2.05) is 6.08 Å². The molecule has 0 bridgehead atoms. The number of nitrogens with one attached hydrogen (secondary N) is 1. The van der Waals surface area contributed by atoms with Crippen molar-refractivity contribution in [2.45, 2.75) is 25.7 Å². The van der Waals surface area contributed by atoms with Crippen LogP contribution in [-0.4, -0.2) is 24.8 Å². The van der Waals surface area contributed by atoms with Crippen molar-refractivity contribution in [3.05, 3.63) is 12.7 Å². The van der Waals surface area contributed by atoms with E-state index in [2.05, 4.69) is 11.9 Å².